The van der Waals surface area contributed by atoms with Crippen LogP contribution in [0.4, 0.5) is 0 Å². The highest BCUT2D eigenvalue weighted by molar-refractivity contribution is 5.42. The van der Waals surface area contributed by atoms with Gasteiger partial charge < -0.3 is 24.1 Å². The molecule has 1 aromatic carbocycles. The van der Waals surface area contributed by atoms with Crippen molar-refractivity contribution in [2.45, 2.75) is 39.0 Å². The van der Waals surface area contributed by atoms with Crippen LogP contribution in [0.5, 0.6) is 11.5 Å². The minimum absolute atomic E-state index is 0.262. The fraction of sp³-hybridized carbons (Fsp3) is 0.684. The number of rotatable bonds is 11. The number of nitrogens with zero attached hydrogens (tertiary/aromatic N) is 1. The average Bonchev–Trinajstić information content (AvgIpc) is 2.57. The molecule has 6 nitrogen and oxygen atoms in total. The number of hydrogen-bond donors (Lipinski definition) is 1. The fourth-order valence-corrected chi connectivity index (χ4v) is 2.39. The first kappa shape index (κ1) is 21.7. The summed E-state index contributed by atoms with van der Waals surface area (Å²) >= 11 is 0. The average molecular weight is 355 g/mol. The van der Waals surface area contributed by atoms with Crippen LogP contribution in [0.25, 0.3) is 0 Å². The smallest absolute Gasteiger partial charge is 0.161 e. The second kappa shape index (κ2) is 10.6. The summed E-state index contributed by atoms with van der Waals surface area (Å²) in [5, 5.41) is 10.3. The monoisotopic (exact) mass is 355 g/mol. The van der Waals surface area contributed by atoms with Gasteiger partial charge in [-0.25, -0.2) is 0 Å². The van der Waals surface area contributed by atoms with Crippen molar-refractivity contribution in [1.29, 1.82) is 0 Å². The molecule has 0 saturated heterocycles. The SMILES string of the molecule is COCCN(Cc1ccc(OC)c(OC)c1)C[C@H](O)COC(C)(C)C. The molecule has 0 spiro atoms. The second-order valence-corrected chi connectivity index (χ2v) is 6.99. The summed E-state index contributed by atoms with van der Waals surface area (Å²) in [5.74, 6) is 1.40. The predicted molar refractivity (Wildman–Crippen MR) is 98.4 cm³/mol. The molecular formula is C19H33NO5. The Kier molecular flexibility index (Phi) is 9.21. The molecule has 144 valence electrons. The Labute approximate surface area is 151 Å². The highest BCUT2D eigenvalue weighted by Crippen LogP contribution is 2.28. The standard InChI is InChI=1S/C19H33NO5/c1-19(2,3)25-14-16(21)13-20(9-10-22-4)12-15-7-8-17(23-5)18(11-15)24-6/h7-8,11,16,21H,9-10,12-14H2,1-6H3/t16-/m0/s1. The van der Waals surface area contributed by atoms with E-state index in [-0.39, 0.29) is 5.60 Å². The lowest BCUT2D eigenvalue weighted by atomic mass is 10.1. The molecule has 1 rings (SSSR count). The maximum absolute atomic E-state index is 10.3. The van der Waals surface area contributed by atoms with Crippen molar-refractivity contribution >= 4 is 0 Å². The molecule has 0 bridgehead atoms. The van der Waals surface area contributed by atoms with Gasteiger partial charge in [-0.15, -0.1) is 0 Å². The molecule has 6 heteroatoms. The Morgan fingerprint density at radius 3 is 2.32 bits per heavy atom. The van der Waals surface area contributed by atoms with E-state index in [1.807, 2.05) is 39.0 Å². The second-order valence-electron chi connectivity index (χ2n) is 6.99. The molecule has 0 unspecified atom stereocenters. The number of benzene rings is 1. The maximum atomic E-state index is 10.3. The van der Waals surface area contributed by atoms with Crippen LogP contribution < -0.4 is 9.47 Å². The molecular weight excluding hydrogens is 322 g/mol. The fourth-order valence-electron chi connectivity index (χ4n) is 2.39. The van der Waals surface area contributed by atoms with Crippen LogP contribution in [-0.4, -0.2) is 69.3 Å². The van der Waals surface area contributed by atoms with Gasteiger partial charge in [0.2, 0.25) is 0 Å². The molecule has 0 amide bonds. The first-order chi connectivity index (χ1) is 11.8. The summed E-state index contributed by atoms with van der Waals surface area (Å²) in [7, 11) is 4.92. The molecule has 1 N–H and O–H groups in total. The van der Waals surface area contributed by atoms with Crippen molar-refractivity contribution in [1.82, 2.24) is 4.90 Å². The third kappa shape index (κ3) is 8.54. The highest BCUT2D eigenvalue weighted by atomic mass is 16.5. The van der Waals surface area contributed by atoms with E-state index in [1.165, 1.54) is 0 Å². The summed E-state index contributed by atoms with van der Waals surface area (Å²) in [6.07, 6.45) is -0.559. The molecule has 0 aliphatic rings. The number of aliphatic hydroxyl groups is 1. The van der Waals surface area contributed by atoms with E-state index in [0.29, 0.717) is 37.8 Å². The van der Waals surface area contributed by atoms with Crippen molar-refractivity contribution in [3.63, 3.8) is 0 Å². The third-order valence-electron chi connectivity index (χ3n) is 3.64. The molecule has 0 aliphatic carbocycles. The van der Waals surface area contributed by atoms with E-state index in [4.69, 9.17) is 18.9 Å². The number of hydrogen-bond acceptors (Lipinski definition) is 6. The minimum Gasteiger partial charge on any atom is -0.493 e. The van der Waals surface area contributed by atoms with E-state index in [9.17, 15) is 5.11 Å². The predicted octanol–water partition coefficient (Wildman–Crippen LogP) is 2.33. The highest BCUT2D eigenvalue weighted by Gasteiger charge is 2.17. The largest absolute Gasteiger partial charge is 0.493 e. The zero-order valence-electron chi connectivity index (χ0n) is 16.4. The zero-order valence-corrected chi connectivity index (χ0v) is 16.4. The van der Waals surface area contributed by atoms with E-state index in [0.717, 1.165) is 12.1 Å². The zero-order chi connectivity index (χ0) is 18.9. The summed E-state index contributed by atoms with van der Waals surface area (Å²) in [6, 6.07) is 5.84. The Morgan fingerprint density at radius 2 is 1.76 bits per heavy atom. The van der Waals surface area contributed by atoms with Crippen LogP contribution in [0.1, 0.15) is 26.3 Å². The number of methoxy groups -OCH3 is 3. The van der Waals surface area contributed by atoms with E-state index in [1.54, 1.807) is 21.3 Å². The normalized spacial score (nSPS) is 13.1. The first-order valence-corrected chi connectivity index (χ1v) is 8.53. The van der Waals surface area contributed by atoms with Gasteiger partial charge in [-0.3, -0.25) is 4.90 Å². The number of ether oxygens (including phenoxy) is 4. The Morgan fingerprint density at radius 1 is 1.08 bits per heavy atom. The summed E-state index contributed by atoms with van der Waals surface area (Å²) < 4.78 is 21.5. The van der Waals surface area contributed by atoms with Crippen LogP contribution in [0.2, 0.25) is 0 Å². The Bertz CT molecular complexity index is 501. The molecule has 25 heavy (non-hydrogen) atoms. The molecule has 1 atom stereocenters. The molecule has 0 aromatic heterocycles. The molecule has 0 saturated carbocycles. The molecule has 0 fully saturated rings. The van der Waals surface area contributed by atoms with Gasteiger partial charge in [-0.2, -0.15) is 0 Å². The van der Waals surface area contributed by atoms with E-state index >= 15 is 0 Å². The van der Waals surface area contributed by atoms with Crippen molar-refractivity contribution in [2.24, 2.45) is 0 Å². The topological polar surface area (TPSA) is 60.4 Å². The quantitative estimate of drug-likeness (QED) is 0.657. The van der Waals surface area contributed by atoms with Crippen LogP contribution in [0.3, 0.4) is 0 Å². The lowest BCUT2D eigenvalue weighted by Gasteiger charge is -2.27. The Balaban J connectivity index is 2.71. The molecule has 0 aliphatic heterocycles. The van der Waals surface area contributed by atoms with Gasteiger partial charge in [0.05, 0.1) is 39.1 Å². The van der Waals surface area contributed by atoms with Crippen LogP contribution in [-0.2, 0) is 16.0 Å². The van der Waals surface area contributed by atoms with Gasteiger partial charge in [-0.1, -0.05) is 6.07 Å². The summed E-state index contributed by atoms with van der Waals surface area (Å²) in [4.78, 5) is 2.14. The van der Waals surface area contributed by atoms with Gasteiger partial charge in [-0.05, 0) is 38.5 Å². The summed E-state index contributed by atoms with van der Waals surface area (Å²) in [5.41, 5.74) is 0.819. The lowest BCUT2D eigenvalue weighted by molar-refractivity contribution is -0.0576. The van der Waals surface area contributed by atoms with Crippen LogP contribution >= 0.6 is 0 Å². The first-order valence-electron chi connectivity index (χ1n) is 8.53. The van der Waals surface area contributed by atoms with Crippen LogP contribution in [0.15, 0.2) is 18.2 Å². The minimum atomic E-state index is -0.559. The maximum Gasteiger partial charge on any atom is 0.161 e. The van der Waals surface area contributed by atoms with Crippen molar-refractivity contribution in [3.05, 3.63) is 23.8 Å². The molecule has 1 aromatic rings. The number of aliphatic hydroxyl groups excluding tert-OH is 1. The van der Waals surface area contributed by atoms with Gasteiger partial charge in [0, 0.05) is 26.7 Å². The van der Waals surface area contributed by atoms with E-state index < -0.39 is 6.10 Å². The third-order valence-corrected chi connectivity index (χ3v) is 3.64. The summed E-state index contributed by atoms with van der Waals surface area (Å²) in [6.45, 7) is 8.74. The molecule has 0 radical (unpaired) electrons. The van der Waals surface area contributed by atoms with Crippen molar-refractivity contribution in [3.8, 4) is 11.5 Å². The van der Waals surface area contributed by atoms with Gasteiger partial charge in [0.1, 0.15) is 0 Å². The van der Waals surface area contributed by atoms with Crippen LogP contribution in [0, 0.1) is 0 Å². The van der Waals surface area contributed by atoms with Gasteiger partial charge >= 0.3 is 0 Å². The van der Waals surface area contributed by atoms with Crippen molar-refractivity contribution in [2.75, 3.05) is 47.6 Å². The molecule has 0 heterocycles. The van der Waals surface area contributed by atoms with Crippen molar-refractivity contribution < 1.29 is 24.1 Å². The Hall–Kier alpha value is -1.34. The van der Waals surface area contributed by atoms with Gasteiger partial charge in [0.15, 0.2) is 11.5 Å². The lowest BCUT2D eigenvalue weighted by Crippen LogP contribution is -2.38. The van der Waals surface area contributed by atoms with Gasteiger partial charge in [0.25, 0.3) is 0 Å². The van der Waals surface area contributed by atoms with E-state index in [2.05, 4.69) is 4.90 Å².